The Kier molecular flexibility index (Phi) is 4.16. The predicted molar refractivity (Wildman–Crippen MR) is 77.7 cm³/mol. The lowest BCUT2D eigenvalue weighted by Gasteiger charge is -2.29. The average Bonchev–Trinajstić information content (AvgIpc) is 3.18. The van der Waals surface area contributed by atoms with Crippen LogP contribution in [0.1, 0.15) is 37.8 Å². The molecular weight excluding hydrogens is 279 g/mol. The number of nitrogens with one attached hydrogen (secondary N) is 1. The van der Waals surface area contributed by atoms with Crippen LogP contribution in [-0.2, 0) is 6.18 Å². The van der Waals surface area contributed by atoms with E-state index < -0.39 is 11.7 Å². The van der Waals surface area contributed by atoms with Gasteiger partial charge in [0, 0.05) is 23.8 Å². The molecule has 3 nitrogen and oxygen atoms in total. The monoisotopic (exact) mass is 299 g/mol. The number of hydrogen-bond donors (Lipinski definition) is 2. The molecule has 0 heterocycles. The molecule has 1 aliphatic carbocycles. The Morgan fingerprint density at radius 2 is 2.00 bits per heavy atom. The predicted octanol–water partition coefficient (Wildman–Crippen LogP) is 3.61. The van der Waals surface area contributed by atoms with E-state index in [1.807, 2.05) is 0 Å². The Morgan fingerprint density at radius 1 is 1.38 bits per heavy atom. The van der Waals surface area contributed by atoms with Gasteiger partial charge in [-0.25, -0.2) is 0 Å². The molecule has 21 heavy (non-hydrogen) atoms. The number of nitrogens with two attached hydrogens (primary N) is 1. The van der Waals surface area contributed by atoms with E-state index in [0.717, 1.165) is 31.5 Å². The van der Waals surface area contributed by atoms with E-state index in [0.29, 0.717) is 17.6 Å². The molecule has 1 fully saturated rings. The van der Waals surface area contributed by atoms with Crippen LogP contribution >= 0.6 is 0 Å². The van der Waals surface area contributed by atoms with Gasteiger partial charge >= 0.3 is 6.18 Å². The fourth-order valence-corrected chi connectivity index (χ4v) is 2.40. The molecule has 1 saturated carbocycles. The van der Waals surface area contributed by atoms with Crippen molar-refractivity contribution in [3.63, 3.8) is 0 Å². The molecule has 0 atom stereocenters. The van der Waals surface area contributed by atoms with E-state index >= 15 is 0 Å². The topological polar surface area (TPSA) is 53.1 Å². The minimum absolute atomic E-state index is 0.164. The van der Waals surface area contributed by atoms with Gasteiger partial charge in [0.2, 0.25) is 0 Å². The van der Waals surface area contributed by atoms with Crippen molar-refractivity contribution in [3.8, 4) is 0 Å². The van der Waals surface area contributed by atoms with E-state index in [1.165, 1.54) is 6.07 Å². The van der Waals surface area contributed by atoms with Crippen molar-refractivity contribution >= 4 is 11.5 Å². The quantitative estimate of drug-likeness (QED) is 0.644. The summed E-state index contributed by atoms with van der Waals surface area (Å²) in [7, 11) is 0. The number of alkyl halides is 3. The second-order valence-electron chi connectivity index (χ2n) is 5.92. The van der Waals surface area contributed by atoms with Gasteiger partial charge in [-0.15, -0.1) is 0 Å². The average molecular weight is 299 g/mol. The van der Waals surface area contributed by atoms with Crippen LogP contribution < -0.4 is 10.6 Å². The Hall–Kier alpha value is -1.72. The van der Waals surface area contributed by atoms with Gasteiger partial charge < -0.3 is 10.6 Å². The van der Waals surface area contributed by atoms with Crippen LogP contribution in [0.2, 0.25) is 0 Å². The summed E-state index contributed by atoms with van der Waals surface area (Å²) < 4.78 is 38.5. The number of nitrogens with zero attached hydrogens (tertiary/aromatic N) is 1. The first-order chi connectivity index (χ1) is 9.70. The fourth-order valence-electron chi connectivity index (χ4n) is 2.40. The smallest absolute Gasteiger partial charge is 0.384 e. The summed E-state index contributed by atoms with van der Waals surface area (Å²) in [6.45, 7) is 4.87. The highest BCUT2D eigenvalue weighted by Gasteiger charge is 2.34. The molecular formula is C15H20F3N3. The molecule has 2 rings (SSSR count). The van der Waals surface area contributed by atoms with Crippen LogP contribution in [0.3, 0.4) is 0 Å². The molecule has 3 N–H and O–H groups in total. The molecule has 0 bridgehead atoms. The summed E-state index contributed by atoms with van der Waals surface area (Å²) >= 11 is 0. The third-order valence-electron chi connectivity index (χ3n) is 3.47. The zero-order valence-corrected chi connectivity index (χ0v) is 12.2. The molecule has 1 aliphatic rings. The third kappa shape index (κ3) is 3.68. The van der Waals surface area contributed by atoms with Gasteiger partial charge in [0.05, 0.1) is 5.56 Å². The molecule has 0 saturated heterocycles. The van der Waals surface area contributed by atoms with Crippen molar-refractivity contribution in [1.82, 2.24) is 0 Å². The van der Waals surface area contributed by atoms with E-state index in [9.17, 15) is 13.2 Å². The standard InChI is InChI=1S/C15H20F3N3/c1-9(2)8-21(11-4-5-11)13-6-3-10(15(16,17)18)7-12(13)14(19)20/h3,6-7,9,11H,4-5,8H2,1-2H3,(H3,19,20). The van der Waals surface area contributed by atoms with E-state index in [1.54, 1.807) is 0 Å². The highest BCUT2D eigenvalue weighted by molar-refractivity contribution is 6.00. The largest absolute Gasteiger partial charge is 0.416 e. The summed E-state index contributed by atoms with van der Waals surface area (Å²) in [5, 5.41) is 7.60. The van der Waals surface area contributed by atoms with Gasteiger partial charge in [0.1, 0.15) is 5.84 Å². The lowest BCUT2D eigenvalue weighted by atomic mass is 10.0. The highest BCUT2D eigenvalue weighted by Crippen LogP contribution is 2.37. The summed E-state index contributed by atoms with van der Waals surface area (Å²) in [5.74, 6) is 0.0539. The summed E-state index contributed by atoms with van der Waals surface area (Å²) in [5.41, 5.74) is 5.53. The lowest BCUT2D eigenvalue weighted by molar-refractivity contribution is -0.137. The van der Waals surface area contributed by atoms with Crippen LogP contribution in [0.15, 0.2) is 18.2 Å². The number of hydrogen-bond acceptors (Lipinski definition) is 2. The van der Waals surface area contributed by atoms with Crippen LogP contribution in [0.5, 0.6) is 0 Å². The van der Waals surface area contributed by atoms with Crippen LogP contribution in [-0.4, -0.2) is 18.4 Å². The highest BCUT2D eigenvalue weighted by atomic mass is 19.4. The number of halogens is 3. The molecule has 1 aromatic carbocycles. The van der Waals surface area contributed by atoms with Crippen molar-refractivity contribution < 1.29 is 13.2 Å². The summed E-state index contributed by atoms with van der Waals surface area (Å²) in [6.07, 6.45) is -2.36. The molecule has 116 valence electrons. The molecule has 0 radical (unpaired) electrons. The lowest BCUT2D eigenvalue weighted by Crippen LogP contribution is -2.32. The third-order valence-corrected chi connectivity index (χ3v) is 3.47. The second kappa shape index (κ2) is 5.58. The first-order valence-corrected chi connectivity index (χ1v) is 7.02. The molecule has 0 unspecified atom stereocenters. The molecule has 0 amide bonds. The first kappa shape index (κ1) is 15.7. The van der Waals surface area contributed by atoms with Crippen LogP contribution in [0.4, 0.5) is 18.9 Å². The number of rotatable bonds is 5. The van der Waals surface area contributed by atoms with Gasteiger partial charge in [-0.3, -0.25) is 5.41 Å². The van der Waals surface area contributed by atoms with E-state index in [-0.39, 0.29) is 11.4 Å². The van der Waals surface area contributed by atoms with E-state index in [2.05, 4.69) is 18.7 Å². The minimum atomic E-state index is -4.43. The SMILES string of the molecule is CC(C)CN(c1ccc(C(F)(F)F)cc1C(=N)N)C1CC1. The van der Waals surface area contributed by atoms with Gasteiger partial charge in [0.25, 0.3) is 0 Å². The van der Waals surface area contributed by atoms with Gasteiger partial charge in [-0.05, 0) is 37.0 Å². The van der Waals surface area contributed by atoms with Gasteiger partial charge in [-0.2, -0.15) is 13.2 Å². The van der Waals surface area contributed by atoms with Crippen molar-refractivity contribution in [1.29, 1.82) is 5.41 Å². The normalized spacial score (nSPS) is 15.3. The van der Waals surface area contributed by atoms with E-state index in [4.69, 9.17) is 11.1 Å². The van der Waals surface area contributed by atoms with Crippen molar-refractivity contribution in [3.05, 3.63) is 29.3 Å². The Bertz CT molecular complexity index is 533. The number of anilines is 1. The zero-order valence-electron chi connectivity index (χ0n) is 12.2. The van der Waals surface area contributed by atoms with Crippen molar-refractivity contribution in [2.75, 3.05) is 11.4 Å². The maximum Gasteiger partial charge on any atom is 0.416 e. The Morgan fingerprint density at radius 3 is 2.43 bits per heavy atom. The Labute approximate surface area is 122 Å². The number of amidine groups is 1. The van der Waals surface area contributed by atoms with Crippen molar-refractivity contribution in [2.45, 2.75) is 38.9 Å². The number of benzene rings is 1. The fraction of sp³-hybridized carbons (Fsp3) is 0.533. The van der Waals surface area contributed by atoms with Gasteiger partial charge in [-0.1, -0.05) is 13.8 Å². The zero-order chi connectivity index (χ0) is 15.8. The summed E-state index contributed by atoms with van der Waals surface area (Å²) in [4.78, 5) is 2.08. The first-order valence-electron chi connectivity index (χ1n) is 7.02. The molecule has 6 heteroatoms. The van der Waals surface area contributed by atoms with Gasteiger partial charge in [0.15, 0.2) is 0 Å². The van der Waals surface area contributed by atoms with Crippen LogP contribution in [0, 0.1) is 11.3 Å². The maximum atomic E-state index is 12.8. The summed E-state index contributed by atoms with van der Waals surface area (Å²) in [6, 6.07) is 3.84. The molecule has 0 spiro atoms. The van der Waals surface area contributed by atoms with Crippen molar-refractivity contribution in [2.24, 2.45) is 11.7 Å². The minimum Gasteiger partial charge on any atom is -0.384 e. The number of nitrogen functional groups attached to an aromatic ring is 1. The molecule has 1 aromatic rings. The Balaban J connectivity index is 2.44. The molecule has 0 aliphatic heterocycles. The maximum absolute atomic E-state index is 12.8. The second-order valence-corrected chi connectivity index (χ2v) is 5.92. The van der Waals surface area contributed by atoms with Crippen LogP contribution in [0.25, 0.3) is 0 Å². The molecule has 0 aromatic heterocycles.